The maximum Gasteiger partial charge on any atom is 0.134 e. The van der Waals surface area contributed by atoms with Crippen LogP contribution in [0.1, 0.15) is 12.8 Å². The molecule has 0 heterocycles. The molecule has 2 aromatic rings. The van der Waals surface area contributed by atoms with Gasteiger partial charge in [-0.1, -0.05) is 36.4 Å². The Morgan fingerprint density at radius 1 is 0.762 bits per heavy atom. The predicted octanol–water partition coefficient (Wildman–Crippen LogP) is 4.92. The van der Waals surface area contributed by atoms with Crippen molar-refractivity contribution in [1.29, 1.82) is 0 Å². The zero-order chi connectivity index (χ0) is 14.5. The smallest absolute Gasteiger partial charge is 0.134 e. The molecule has 1 nitrogen and oxygen atoms in total. The Labute approximate surface area is 134 Å². The molecule has 0 saturated heterocycles. The van der Waals surface area contributed by atoms with Gasteiger partial charge in [0.1, 0.15) is 5.78 Å². The number of carbonyl (C=O) groups excluding carboxylic acids is 1. The van der Waals surface area contributed by atoms with Crippen LogP contribution in [0.3, 0.4) is 0 Å². The Morgan fingerprint density at radius 3 is 1.57 bits per heavy atom. The minimum absolute atomic E-state index is 0.179. The van der Waals surface area contributed by atoms with E-state index in [-0.39, 0.29) is 5.41 Å². The third kappa shape index (κ3) is 3.92. The van der Waals surface area contributed by atoms with Crippen molar-refractivity contribution in [2.75, 3.05) is 11.5 Å². The largest absolute Gasteiger partial charge is 0.300 e. The van der Waals surface area contributed by atoms with Crippen LogP contribution in [-0.4, -0.2) is 17.3 Å². The van der Waals surface area contributed by atoms with Gasteiger partial charge in [-0.25, -0.2) is 0 Å². The Balaban J connectivity index is 1.59. The highest BCUT2D eigenvalue weighted by Gasteiger charge is 2.43. The number of benzene rings is 2. The lowest BCUT2D eigenvalue weighted by molar-refractivity contribution is -0.130. The molecule has 1 fully saturated rings. The molecule has 0 spiro atoms. The molecule has 1 aliphatic rings. The quantitative estimate of drug-likeness (QED) is 0.704. The lowest BCUT2D eigenvalue weighted by atomic mass is 9.71. The van der Waals surface area contributed by atoms with Crippen LogP contribution in [0, 0.1) is 5.41 Å². The average Bonchev–Trinajstić information content (AvgIpc) is 2.51. The first kappa shape index (κ1) is 14.7. The van der Waals surface area contributed by atoms with Crippen LogP contribution in [0.2, 0.25) is 0 Å². The summed E-state index contributed by atoms with van der Waals surface area (Å²) in [6.07, 6.45) is 1.49. The standard InChI is InChI=1S/C18H18OS2/c19-15-11-18(12-15,13-20-16-7-3-1-4-8-16)14-21-17-9-5-2-6-10-17/h1-10H,11-14H2. The van der Waals surface area contributed by atoms with Gasteiger partial charge in [0.15, 0.2) is 0 Å². The molecule has 3 heteroatoms. The molecule has 0 bridgehead atoms. The minimum atomic E-state index is 0.179. The molecular formula is C18H18OS2. The fourth-order valence-electron chi connectivity index (χ4n) is 2.54. The van der Waals surface area contributed by atoms with E-state index in [1.54, 1.807) is 0 Å². The van der Waals surface area contributed by atoms with Crippen molar-refractivity contribution in [3.8, 4) is 0 Å². The second kappa shape index (κ2) is 6.71. The number of carbonyl (C=O) groups is 1. The van der Waals surface area contributed by atoms with Gasteiger partial charge < -0.3 is 0 Å². The molecule has 3 rings (SSSR count). The zero-order valence-electron chi connectivity index (χ0n) is 11.8. The number of hydrogen-bond acceptors (Lipinski definition) is 3. The summed E-state index contributed by atoms with van der Waals surface area (Å²) < 4.78 is 0. The first-order valence-corrected chi connectivity index (χ1v) is 9.10. The Morgan fingerprint density at radius 2 is 1.19 bits per heavy atom. The van der Waals surface area contributed by atoms with Gasteiger partial charge in [0.2, 0.25) is 0 Å². The van der Waals surface area contributed by atoms with Gasteiger partial charge in [-0.05, 0) is 24.3 Å². The molecular weight excluding hydrogens is 296 g/mol. The average molecular weight is 314 g/mol. The predicted molar refractivity (Wildman–Crippen MR) is 91.0 cm³/mol. The second-order valence-electron chi connectivity index (χ2n) is 5.60. The van der Waals surface area contributed by atoms with Gasteiger partial charge >= 0.3 is 0 Å². The van der Waals surface area contributed by atoms with Crippen molar-refractivity contribution in [1.82, 2.24) is 0 Å². The third-order valence-corrected chi connectivity index (χ3v) is 6.45. The maximum atomic E-state index is 11.5. The highest BCUT2D eigenvalue weighted by Crippen LogP contribution is 2.45. The summed E-state index contributed by atoms with van der Waals surface area (Å²) >= 11 is 3.75. The fourth-order valence-corrected chi connectivity index (χ4v) is 4.92. The summed E-state index contributed by atoms with van der Waals surface area (Å²) in [7, 11) is 0. The maximum absolute atomic E-state index is 11.5. The van der Waals surface area contributed by atoms with Crippen LogP contribution in [0.5, 0.6) is 0 Å². The van der Waals surface area contributed by atoms with Crippen molar-refractivity contribution < 1.29 is 4.79 Å². The molecule has 0 N–H and O–H groups in total. The van der Waals surface area contributed by atoms with Crippen molar-refractivity contribution >= 4 is 29.3 Å². The van der Waals surface area contributed by atoms with E-state index in [2.05, 4.69) is 48.5 Å². The number of thioether (sulfide) groups is 2. The first-order valence-electron chi connectivity index (χ1n) is 7.13. The monoisotopic (exact) mass is 314 g/mol. The number of Topliss-reactive ketones (excluding diaryl/α,β-unsaturated/α-hetero) is 1. The molecule has 0 unspecified atom stereocenters. The topological polar surface area (TPSA) is 17.1 Å². The number of rotatable bonds is 6. The summed E-state index contributed by atoms with van der Waals surface area (Å²) in [5.41, 5.74) is 0.179. The Hall–Kier alpha value is -1.19. The molecule has 0 atom stereocenters. The molecule has 0 aromatic heterocycles. The summed E-state index contributed by atoms with van der Waals surface area (Å²) in [5, 5.41) is 0. The van der Waals surface area contributed by atoms with Crippen LogP contribution in [-0.2, 0) is 4.79 Å². The molecule has 2 aromatic carbocycles. The van der Waals surface area contributed by atoms with Crippen LogP contribution >= 0.6 is 23.5 Å². The molecule has 0 aliphatic heterocycles. The normalized spacial score (nSPS) is 16.5. The zero-order valence-corrected chi connectivity index (χ0v) is 13.5. The summed E-state index contributed by atoms with van der Waals surface area (Å²) in [4.78, 5) is 14.1. The van der Waals surface area contributed by atoms with E-state index in [0.717, 1.165) is 24.3 Å². The van der Waals surface area contributed by atoms with E-state index in [4.69, 9.17) is 0 Å². The molecule has 1 aliphatic carbocycles. The fraction of sp³-hybridized carbons (Fsp3) is 0.278. The molecule has 1 saturated carbocycles. The van der Waals surface area contributed by atoms with Gasteiger partial charge in [-0.3, -0.25) is 4.79 Å². The SMILES string of the molecule is O=C1CC(CSc2ccccc2)(CSc2ccccc2)C1. The number of ketones is 1. The van der Waals surface area contributed by atoms with E-state index in [9.17, 15) is 4.79 Å². The van der Waals surface area contributed by atoms with Crippen LogP contribution in [0.15, 0.2) is 70.5 Å². The van der Waals surface area contributed by atoms with Gasteiger partial charge in [0, 0.05) is 39.6 Å². The highest BCUT2D eigenvalue weighted by atomic mass is 32.2. The lowest BCUT2D eigenvalue weighted by Gasteiger charge is -2.40. The van der Waals surface area contributed by atoms with Crippen molar-refractivity contribution in [2.24, 2.45) is 5.41 Å². The van der Waals surface area contributed by atoms with E-state index in [0.29, 0.717) is 5.78 Å². The van der Waals surface area contributed by atoms with Gasteiger partial charge in [0.25, 0.3) is 0 Å². The minimum Gasteiger partial charge on any atom is -0.300 e. The van der Waals surface area contributed by atoms with Crippen LogP contribution < -0.4 is 0 Å². The van der Waals surface area contributed by atoms with Crippen molar-refractivity contribution in [3.05, 3.63) is 60.7 Å². The van der Waals surface area contributed by atoms with E-state index < -0.39 is 0 Å². The Bertz CT molecular complexity index is 542. The van der Waals surface area contributed by atoms with E-state index in [1.165, 1.54) is 9.79 Å². The van der Waals surface area contributed by atoms with Gasteiger partial charge in [-0.2, -0.15) is 0 Å². The number of hydrogen-bond donors (Lipinski definition) is 0. The third-order valence-electron chi connectivity index (χ3n) is 3.72. The van der Waals surface area contributed by atoms with Gasteiger partial charge in [0.05, 0.1) is 0 Å². The summed E-state index contributed by atoms with van der Waals surface area (Å²) in [6.45, 7) is 0. The summed E-state index contributed by atoms with van der Waals surface area (Å²) in [5.74, 6) is 2.47. The molecule has 0 radical (unpaired) electrons. The highest BCUT2D eigenvalue weighted by molar-refractivity contribution is 8.00. The van der Waals surface area contributed by atoms with Crippen LogP contribution in [0.4, 0.5) is 0 Å². The van der Waals surface area contributed by atoms with E-state index in [1.807, 2.05) is 35.7 Å². The van der Waals surface area contributed by atoms with Crippen molar-refractivity contribution in [2.45, 2.75) is 22.6 Å². The Kier molecular flexibility index (Phi) is 4.71. The second-order valence-corrected chi connectivity index (χ2v) is 7.69. The van der Waals surface area contributed by atoms with E-state index >= 15 is 0 Å². The summed E-state index contributed by atoms with van der Waals surface area (Å²) in [6, 6.07) is 20.9. The lowest BCUT2D eigenvalue weighted by Crippen LogP contribution is -2.41. The van der Waals surface area contributed by atoms with Crippen LogP contribution in [0.25, 0.3) is 0 Å². The van der Waals surface area contributed by atoms with Gasteiger partial charge in [-0.15, -0.1) is 23.5 Å². The molecule has 0 amide bonds. The van der Waals surface area contributed by atoms with Crippen molar-refractivity contribution in [3.63, 3.8) is 0 Å². The molecule has 21 heavy (non-hydrogen) atoms. The molecule has 108 valence electrons. The first-order chi connectivity index (χ1) is 10.3.